The van der Waals surface area contributed by atoms with E-state index in [9.17, 15) is 4.79 Å². The molecule has 0 saturated heterocycles. The van der Waals surface area contributed by atoms with Crippen LogP contribution in [0.5, 0.6) is 0 Å². The number of carbonyl (C=O) groups excluding carboxylic acids is 1. The summed E-state index contributed by atoms with van der Waals surface area (Å²) in [6.07, 6.45) is 0. The smallest absolute Gasteiger partial charge is 0.234 e. The molecule has 2 aromatic carbocycles. The summed E-state index contributed by atoms with van der Waals surface area (Å²) in [5.74, 6) is 1.05. The largest absolute Gasteiger partial charge is 0.323 e. The number of rotatable bonds is 5. The highest BCUT2D eigenvalue weighted by Gasteiger charge is 2.11. The Balaban J connectivity index is 1.89. The fourth-order valence-electron chi connectivity index (χ4n) is 1.78. The minimum atomic E-state index is -0.106. The van der Waals surface area contributed by atoms with E-state index in [-0.39, 0.29) is 5.91 Å². The number of nitrogens with one attached hydrogen (secondary N) is 1. The molecule has 0 heterocycles. The molecule has 0 fully saturated rings. The Kier molecular flexibility index (Phi) is 5.97. The van der Waals surface area contributed by atoms with E-state index in [0.717, 1.165) is 11.3 Å². The van der Waals surface area contributed by atoms with Gasteiger partial charge >= 0.3 is 0 Å². The summed E-state index contributed by atoms with van der Waals surface area (Å²) in [6, 6.07) is 13.6. The second-order valence-electron chi connectivity index (χ2n) is 4.58. The average Bonchev–Trinajstić information content (AvgIpc) is 2.49. The third-order valence-electron chi connectivity index (χ3n) is 2.89. The highest BCUT2D eigenvalue weighted by Crippen LogP contribution is 2.32. The van der Waals surface area contributed by atoms with Crippen molar-refractivity contribution in [1.29, 1.82) is 0 Å². The molecule has 21 heavy (non-hydrogen) atoms. The van der Waals surface area contributed by atoms with Crippen molar-refractivity contribution in [2.24, 2.45) is 0 Å². The number of hydrogen-bond acceptors (Lipinski definition) is 2. The van der Waals surface area contributed by atoms with Crippen LogP contribution in [0.2, 0.25) is 10.0 Å². The fourth-order valence-corrected chi connectivity index (χ4v) is 3.04. The van der Waals surface area contributed by atoms with Crippen molar-refractivity contribution >= 4 is 46.6 Å². The first kappa shape index (κ1) is 16.2. The fraction of sp³-hybridized carbons (Fsp3) is 0.188. The Bertz CT molecular complexity index is 632. The summed E-state index contributed by atoms with van der Waals surface area (Å²) in [4.78, 5) is 12.0. The summed E-state index contributed by atoms with van der Waals surface area (Å²) in [6.45, 7) is 1.87. The van der Waals surface area contributed by atoms with E-state index in [2.05, 4.69) is 5.32 Å². The normalized spacial score (nSPS) is 10.4. The molecule has 0 bridgehead atoms. The van der Waals surface area contributed by atoms with E-state index in [1.807, 2.05) is 43.3 Å². The standard InChI is InChI=1S/C16H15Cl2NOS/c1-11-7-8-13(17)16(15(11)18)19-14(20)10-21-9-12-5-3-2-4-6-12/h2-8H,9-10H2,1H3,(H,19,20). The Morgan fingerprint density at radius 2 is 1.86 bits per heavy atom. The van der Waals surface area contributed by atoms with E-state index in [4.69, 9.17) is 23.2 Å². The number of halogens is 2. The molecule has 0 radical (unpaired) electrons. The quantitative estimate of drug-likeness (QED) is 0.813. The Labute approximate surface area is 138 Å². The highest BCUT2D eigenvalue weighted by atomic mass is 35.5. The van der Waals surface area contributed by atoms with Crippen molar-refractivity contribution < 1.29 is 4.79 Å². The molecule has 2 aromatic rings. The van der Waals surface area contributed by atoms with Crippen LogP contribution in [-0.2, 0) is 10.5 Å². The van der Waals surface area contributed by atoms with E-state index in [1.54, 1.807) is 17.8 Å². The first-order chi connectivity index (χ1) is 10.1. The molecule has 0 aliphatic carbocycles. The minimum Gasteiger partial charge on any atom is -0.323 e. The van der Waals surface area contributed by atoms with Crippen LogP contribution >= 0.6 is 35.0 Å². The molecule has 0 spiro atoms. The zero-order valence-corrected chi connectivity index (χ0v) is 13.9. The SMILES string of the molecule is Cc1ccc(Cl)c(NC(=O)CSCc2ccccc2)c1Cl. The van der Waals surface area contributed by atoms with E-state index >= 15 is 0 Å². The zero-order chi connectivity index (χ0) is 15.2. The first-order valence-electron chi connectivity index (χ1n) is 6.44. The van der Waals surface area contributed by atoms with Crippen molar-refractivity contribution in [1.82, 2.24) is 0 Å². The molecule has 0 aromatic heterocycles. The molecule has 0 unspecified atom stereocenters. The van der Waals surface area contributed by atoms with E-state index < -0.39 is 0 Å². The van der Waals surface area contributed by atoms with Crippen molar-refractivity contribution in [3.8, 4) is 0 Å². The van der Waals surface area contributed by atoms with Crippen LogP contribution in [0.25, 0.3) is 0 Å². The molecule has 0 aliphatic heterocycles. The van der Waals surface area contributed by atoms with Crippen LogP contribution in [0.1, 0.15) is 11.1 Å². The van der Waals surface area contributed by atoms with Crippen LogP contribution in [-0.4, -0.2) is 11.7 Å². The summed E-state index contributed by atoms with van der Waals surface area (Å²) < 4.78 is 0. The first-order valence-corrected chi connectivity index (χ1v) is 8.35. The third kappa shape index (κ3) is 4.67. The Morgan fingerprint density at radius 3 is 2.57 bits per heavy atom. The van der Waals surface area contributed by atoms with Gasteiger partial charge in [0.2, 0.25) is 5.91 Å². The highest BCUT2D eigenvalue weighted by molar-refractivity contribution is 7.99. The summed E-state index contributed by atoms with van der Waals surface area (Å²) in [5, 5.41) is 3.72. The Hall–Kier alpha value is -1.16. The van der Waals surface area contributed by atoms with Crippen LogP contribution in [0.4, 0.5) is 5.69 Å². The van der Waals surface area contributed by atoms with Crippen molar-refractivity contribution in [3.63, 3.8) is 0 Å². The topological polar surface area (TPSA) is 29.1 Å². The van der Waals surface area contributed by atoms with Gasteiger partial charge in [-0.1, -0.05) is 59.6 Å². The minimum absolute atomic E-state index is 0.106. The van der Waals surface area contributed by atoms with Crippen molar-refractivity contribution in [2.45, 2.75) is 12.7 Å². The van der Waals surface area contributed by atoms with Gasteiger partial charge < -0.3 is 5.32 Å². The van der Waals surface area contributed by atoms with Gasteiger partial charge in [0.05, 0.1) is 21.5 Å². The number of carbonyl (C=O) groups is 1. The van der Waals surface area contributed by atoms with Gasteiger partial charge in [-0.15, -0.1) is 11.8 Å². The van der Waals surface area contributed by atoms with Gasteiger partial charge in [0.1, 0.15) is 0 Å². The molecular weight excluding hydrogens is 325 g/mol. The lowest BCUT2D eigenvalue weighted by atomic mass is 10.2. The maximum absolute atomic E-state index is 12.0. The molecule has 5 heteroatoms. The molecule has 0 aliphatic rings. The lowest BCUT2D eigenvalue weighted by Crippen LogP contribution is -2.15. The maximum Gasteiger partial charge on any atom is 0.234 e. The van der Waals surface area contributed by atoms with Gasteiger partial charge in [0.25, 0.3) is 0 Å². The lowest BCUT2D eigenvalue weighted by Gasteiger charge is -2.11. The molecule has 0 saturated carbocycles. The van der Waals surface area contributed by atoms with Crippen LogP contribution in [0, 0.1) is 6.92 Å². The maximum atomic E-state index is 12.0. The van der Waals surface area contributed by atoms with E-state index in [0.29, 0.717) is 21.5 Å². The molecule has 2 nitrogen and oxygen atoms in total. The second kappa shape index (κ2) is 7.74. The Morgan fingerprint density at radius 1 is 1.14 bits per heavy atom. The number of amides is 1. The van der Waals surface area contributed by atoms with E-state index in [1.165, 1.54) is 5.56 Å². The third-order valence-corrected chi connectivity index (χ3v) is 4.70. The molecule has 0 atom stereocenters. The van der Waals surface area contributed by atoms with Crippen LogP contribution < -0.4 is 5.32 Å². The molecule has 1 amide bonds. The van der Waals surface area contributed by atoms with Crippen LogP contribution in [0.15, 0.2) is 42.5 Å². The number of thioether (sulfide) groups is 1. The van der Waals surface area contributed by atoms with Crippen molar-refractivity contribution in [2.75, 3.05) is 11.1 Å². The summed E-state index contributed by atoms with van der Waals surface area (Å²) in [5.41, 5.74) is 2.57. The van der Waals surface area contributed by atoms with Gasteiger partial charge in [0, 0.05) is 5.75 Å². The monoisotopic (exact) mass is 339 g/mol. The van der Waals surface area contributed by atoms with Crippen LogP contribution in [0.3, 0.4) is 0 Å². The predicted molar refractivity (Wildman–Crippen MR) is 92.4 cm³/mol. The molecule has 1 N–H and O–H groups in total. The lowest BCUT2D eigenvalue weighted by molar-refractivity contribution is -0.113. The molecule has 2 rings (SSSR count). The molecule has 110 valence electrons. The zero-order valence-electron chi connectivity index (χ0n) is 11.5. The predicted octanol–water partition coefficient (Wildman–Crippen LogP) is 5.17. The van der Waals surface area contributed by atoms with Gasteiger partial charge in [-0.05, 0) is 24.1 Å². The summed E-state index contributed by atoms with van der Waals surface area (Å²) >= 11 is 13.8. The number of hydrogen-bond donors (Lipinski definition) is 1. The number of aryl methyl sites for hydroxylation is 1. The van der Waals surface area contributed by atoms with Gasteiger partial charge in [-0.3, -0.25) is 4.79 Å². The van der Waals surface area contributed by atoms with Crippen molar-refractivity contribution in [3.05, 3.63) is 63.6 Å². The van der Waals surface area contributed by atoms with Gasteiger partial charge in [-0.25, -0.2) is 0 Å². The van der Waals surface area contributed by atoms with Gasteiger partial charge in [-0.2, -0.15) is 0 Å². The molecular formula is C16H15Cl2NOS. The second-order valence-corrected chi connectivity index (χ2v) is 6.35. The summed E-state index contributed by atoms with van der Waals surface area (Å²) in [7, 11) is 0. The number of anilines is 1. The number of benzene rings is 2. The van der Waals surface area contributed by atoms with Gasteiger partial charge in [0.15, 0.2) is 0 Å². The average molecular weight is 340 g/mol.